The first kappa shape index (κ1) is 8.65. The molecule has 0 fully saturated rings. The average molecular weight is 167 g/mol. The van der Waals surface area contributed by atoms with E-state index in [2.05, 4.69) is 0 Å². The van der Waals surface area contributed by atoms with Gasteiger partial charge in [0.15, 0.2) is 5.69 Å². The second-order valence-electron chi connectivity index (χ2n) is 2.20. The van der Waals surface area contributed by atoms with Crippen molar-refractivity contribution in [3.63, 3.8) is 0 Å². The predicted molar refractivity (Wildman–Crippen MR) is 39.7 cm³/mol. The van der Waals surface area contributed by atoms with Gasteiger partial charge in [-0.05, 0) is 6.07 Å². The van der Waals surface area contributed by atoms with E-state index in [0.29, 0.717) is 5.69 Å². The summed E-state index contributed by atoms with van der Waals surface area (Å²) in [5, 5.41) is 8.47. The number of hydrogen-bond acceptors (Lipinski definition) is 2. The third kappa shape index (κ3) is 1.78. The van der Waals surface area contributed by atoms with E-state index >= 15 is 0 Å². The Bertz CT molecular complexity index is 319. The van der Waals surface area contributed by atoms with Crippen LogP contribution in [0.25, 0.3) is 0 Å². The van der Waals surface area contributed by atoms with Crippen LogP contribution in [0.1, 0.15) is 5.56 Å². The van der Waals surface area contributed by atoms with Gasteiger partial charge < -0.3 is 0 Å². The van der Waals surface area contributed by atoms with Gasteiger partial charge in [-0.25, -0.2) is 9.23 Å². The van der Waals surface area contributed by atoms with E-state index in [1.165, 1.54) is 24.7 Å². The molecule has 12 heavy (non-hydrogen) atoms. The van der Waals surface area contributed by atoms with Crippen LogP contribution in [-0.4, -0.2) is 7.11 Å². The molecule has 0 bridgehead atoms. The van der Waals surface area contributed by atoms with Crippen molar-refractivity contribution in [2.45, 2.75) is 0 Å². The normalized spacial score (nSPS) is 9.42. The van der Waals surface area contributed by atoms with E-state index in [0.717, 1.165) is 0 Å². The van der Waals surface area contributed by atoms with Gasteiger partial charge in [0.2, 0.25) is 0 Å². The van der Waals surface area contributed by atoms with Crippen LogP contribution < -0.4 is 5.48 Å². The smallest absolute Gasteiger partial charge is 0.163 e. The zero-order chi connectivity index (χ0) is 8.97. The van der Waals surface area contributed by atoms with E-state index in [-0.39, 0.29) is 5.56 Å². The van der Waals surface area contributed by atoms with E-state index in [4.69, 9.17) is 10.1 Å². The fourth-order valence-corrected chi connectivity index (χ4v) is 0.838. The summed E-state index contributed by atoms with van der Waals surface area (Å²) >= 11 is 0. The molecule has 2 N–H and O–H groups in total. The highest BCUT2D eigenvalue weighted by molar-refractivity contribution is 5.40. The lowest BCUT2D eigenvalue weighted by Crippen LogP contribution is -2.75. The standard InChI is InChI=1S/C8H7FN2O/c1-12-11-7-2-3-8(9)6(4-7)5-10/h2-4,11H,1H3/p+1. The first-order chi connectivity index (χ1) is 5.77. The quantitative estimate of drug-likeness (QED) is 0.513. The zero-order valence-electron chi connectivity index (χ0n) is 6.54. The Balaban J connectivity index is 2.99. The zero-order valence-corrected chi connectivity index (χ0v) is 6.54. The van der Waals surface area contributed by atoms with Crippen LogP contribution in [0.15, 0.2) is 18.2 Å². The van der Waals surface area contributed by atoms with Gasteiger partial charge in [0.1, 0.15) is 11.9 Å². The summed E-state index contributed by atoms with van der Waals surface area (Å²) < 4.78 is 12.7. The largest absolute Gasteiger partial charge is 0.206 e. The molecule has 0 aromatic heterocycles. The summed E-state index contributed by atoms with van der Waals surface area (Å²) in [6.45, 7) is 0. The molecule has 0 spiro atoms. The summed E-state index contributed by atoms with van der Waals surface area (Å²) in [5.74, 6) is -0.509. The van der Waals surface area contributed by atoms with Crippen LogP contribution in [0, 0.1) is 17.1 Å². The maximum absolute atomic E-state index is 12.7. The molecule has 0 aliphatic rings. The average Bonchev–Trinajstić information content (AvgIpc) is 2.09. The van der Waals surface area contributed by atoms with Gasteiger partial charge in [-0.2, -0.15) is 10.7 Å². The molecule has 0 saturated carbocycles. The van der Waals surface area contributed by atoms with Crippen molar-refractivity contribution in [2.75, 3.05) is 7.11 Å². The third-order valence-corrected chi connectivity index (χ3v) is 1.36. The van der Waals surface area contributed by atoms with Crippen LogP contribution in [0.3, 0.4) is 0 Å². The molecule has 0 unspecified atom stereocenters. The van der Waals surface area contributed by atoms with Gasteiger partial charge in [0.05, 0.1) is 12.7 Å². The van der Waals surface area contributed by atoms with Gasteiger partial charge in [0, 0.05) is 12.1 Å². The molecular formula is C8H8FN2O+. The fourth-order valence-electron chi connectivity index (χ4n) is 0.838. The topological polar surface area (TPSA) is 49.6 Å². The summed E-state index contributed by atoms with van der Waals surface area (Å²) in [6, 6.07) is 5.95. The number of nitriles is 1. The molecule has 0 aliphatic heterocycles. The number of benzene rings is 1. The van der Waals surface area contributed by atoms with E-state index in [9.17, 15) is 4.39 Å². The summed E-state index contributed by atoms with van der Waals surface area (Å²) in [7, 11) is 1.50. The van der Waals surface area contributed by atoms with Crippen molar-refractivity contribution in [3.05, 3.63) is 29.6 Å². The van der Waals surface area contributed by atoms with Crippen molar-refractivity contribution in [1.82, 2.24) is 0 Å². The van der Waals surface area contributed by atoms with Gasteiger partial charge >= 0.3 is 0 Å². The molecule has 0 aliphatic carbocycles. The monoisotopic (exact) mass is 167 g/mol. The van der Waals surface area contributed by atoms with Crippen molar-refractivity contribution in [3.8, 4) is 6.07 Å². The van der Waals surface area contributed by atoms with Crippen LogP contribution in [-0.2, 0) is 4.84 Å². The van der Waals surface area contributed by atoms with Crippen LogP contribution in [0.4, 0.5) is 10.1 Å². The first-order valence-electron chi connectivity index (χ1n) is 3.33. The Kier molecular flexibility index (Phi) is 2.75. The SMILES string of the molecule is CO[NH2+]c1ccc(F)c(C#N)c1. The molecule has 0 saturated heterocycles. The molecule has 1 rings (SSSR count). The van der Waals surface area contributed by atoms with E-state index in [1.807, 2.05) is 0 Å². The van der Waals surface area contributed by atoms with Crippen LogP contribution in [0.5, 0.6) is 0 Å². The molecule has 0 heterocycles. The molecule has 1 aromatic rings. The molecule has 1 aromatic carbocycles. The lowest BCUT2D eigenvalue weighted by Gasteiger charge is -1.96. The van der Waals surface area contributed by atoms with Gasteiger partial charge in [0.25, 0.3) is 0 Å². The summed E-state index contributed by atoms with van der Waals surface area (Å²) in [5.41, 5.74) is 2.15. The minimum Gasteiger partial charge on any atom is -0.206 e. The molecule has 0 amide bonds. The Morgan fingerprint density at radius 3 is 2.92 bits per heavy atom. The number of hydrogen-bond donors (Lipinski definition) is 1. The number of halogens is 1. The Morgan fingerprint density at radius 2 is 2.33 bits per heavy atom. The van der Waals surface area contributed by atoms with Gasteiger partial charge in [-0.1, -0.05) is 0 Å². The Hall–Kier alpha value is -1.44. The number of nitrogens with two attached hydrogens (primary N) is 1. The Morgan fingerprint density at radius 1 is 1.58 bits per heavy atom. The van der Waals surface area contributed by atoms with Gasteiger partial charge in [-0.15, -0.1) is 0 Å². The second kappa shape index (κ2) is 3.81. The highest BCUT2D eigenvalue weighted by Crippen LogP contribution is 2.09. The maximum Gasteiger partial charge on any atom is 0.163 e. The minimum absolute atomic E-state index is 0.0285. The molecule has 0 atom stereocenters. The molecule has 0 radical (unpaired) electrons. The van der Waals surface area contributed by atoms with Gasteiger partial charge in [-0.3, -0.25) is 0 Å². The maximum atomic E-state index is 12.7. The van der Waals surface area contributed by atoms with E-state index < -0.39 is 5.82 Å². The molecule has 4 heteroatoms. The number of rotatable bonds is 2. The van der Waals surface area contributed by atoms with Crippen LogP contribution in [0.2, 0.25) is 0 Å². The summed E-state index contributed by atoms with van der Waals surface area (Å²) in [6.07, 6.45) is 0. The fraction of sp³-hybridized carbons (Fsp3) is 0.125. The third-order valence-electron chi connectivity index (χ3n) is 1.36. The predicted octanol–water partition coefficient (Wildman–Crippen LogP) is 0.454. The molecule has 62 valence electrons. The van der Waals surface area contributed by atoms with Crippen molar-refractivity contribution >= 4 is 5.69 Å². The number of quaternary nitrogens is 1. The number of nitrogens with zero attached hydrogens (tertiary/aromatic N) is 1. The molecule has 3 nitrogen and oxygen atoms in total. The van der Waals surface area contributed by atoms with E-state index in [1.54, 1.807) is 12.1 Å². The van der Waals surface area contributed by atoms with Crippen molar-refractivity contribution < 1.29 is 14.7 Å². The lowest BCUT2D eigenvalue weighted by molar-refractivity contribution is -0.830. The molecular weight excluding hydrogens is 159 g/mol. The second-order valence-corrected chi connectivity index (χ2v) is 2.20. The highest BCUT2D eigenvalue weighted by atomic mass is 19.1. The minimum atomic E-state index is -0.509. The lowest BCUT2D eigenvalue weighted by atomic mass is 10.2. The summed E-state index contributed by atoms with van der Waals surface area (Å²) in [4.78, 5) is 4.71. The van der Waals surface area contributed by atoms with Crippen molar-refractivity contribution in [1.29, 1.82) is 5.26 Å². The van der Waals surface area contributed by atoms with Crippen molar-refractivity contribution in [2.24, 2.45) is 0 Å². The highest BCUT2D eigenvalue weighted by Gasteiger charge is 2.04. The van der Waals surface area contributed by atoms with Crippen LogP contribution >= 0.6 is 0 Å². The Labute approximate surface area is 69.3 Å². The first-order valence-corrected chi connectivity index (χ1v) is 3.33.